The second kappa shape index (κ2) is 8.98. The first kappa shape index (κ1) is 19.9. The van der Waals surface area contributed by atoms with Crippen molar-refractivity contribution in [2.24, 2.45) is 5.92 Å². The molecule has 0 aliphatic carbocycles. The largest absolute Gasteiger partial charge is 0.497 e. The standard InChI is InChI=1S/C23H26N4O3/c1-3-16-6-10-19(11-7-16)24-22(28)18-5-4-14-27(15-18)23-25-21(26-30-23)17-8-12-20(29-2)13-9-17/h6-13,18H,3-5,14-15H2,1-2H3,(H,24,28). The number of carbonyl (C=O) groups is 1. The van der Waals surface area contributed by atoms with Crippen molar-refractivity contribution in [1.82, 2.24) is 10.1 Å². The van der Waals surface area contributed by atoms with E-state index in [4.69, 9.17) is 9.26 Å². The van der Waals surface area contributed by atoms with Gasteiger partial charge in [0.2, 0.25) is 11.7 Å². The van der Waals surface area contributed by atoms with Gasteiger partial charge in [0.15, 0.2) is 0 Å². The van der Waals surface area contributed by atoms with Crippen molar-refractivity contribution in [3.8, 4) is 17.1 Å². The van der Waals surface area contributed by atoms with Crippen molar-refractivity contribution in [3.63, 3.8) is 0 Å². The van der Waals surface area contributed by atoms with Crippen LogP contribution in [-0.2, 0) is 11.2 Å². The monoisotopic (exact) mass is 406 g/mol. The normalized spacial score (nSPS) is 16.3. The summed E-state index contributed by atoms with van der Waals surface area (Å²) in [5, 5.41) is 7.13. The van der Waals surface area contributed by atoms with E-state index in [1.807, 2.05) is 53.4 Å². The third-order valence-electron chi connectivity index (χ3n) is 5.46. The minimum absolute atomic E-state index is 0.0267. The lowest BCUT2D eigenvalue weighted by molar-refractivity contribution is -0.120. The van der Waals surface area contributed by atoms with E-state index in [1.165, 1.54) is 5.56 Å². The molecule has 1 saturated heterocycles. The summed E-state index contributed by atoms with van der Waals surface area (Å²) in [6.45, 7) is 3.46. The number of rotatable bonds is 6. The third kappa shape index (κ3) is 4.45. The highest BCUT2D eigenvalue weighted by Gasteiger charge is 2.28. The Labute approximate surface area is 176 Å². The molecule has 4 rings (SSSR count). The van der Waals surface area contributed by atoms with Crippen LogP contribution in [0.2, 0.25) is 0 Å². The van der Waals surface area contributed by atoms with Crippen LogP contribution < -0.4 is 15.0 Å². The fourth-order valence-corrected chi connectivity index (χ4v) is 3.63. The van der Waals surface area contributed by atoms with Gasteiger partial charge in [-0.3, -0.25) is 4.79 Å². The highest BCUT2D eigenvalue weighted by atomic mass is 16.5. The molecule has 1 aliphatic rings. The molecule has 1 atom stereocenters. The summed E-state index contributed by atoms with van der Waals surface area (Å²) in [5.41, 5.74) is 2.93. The molecule has 7 nitrogen and oxygen atoms in total. The van der Waals surface area contributed by atoms with Gasteiger partial charge in [0, 0.05) is 24.3 Å². The number of hydrogen-bond donors (Lipinski definition) is 1. The first-order valence-corrected chi connectivity index (χ1v) is 10.3. The number of nitrogens with zero attached hydrogens (tertiary/aromatic N) is 3. The molecule has 7 heteroatoms. The molecule has 1 aromatic heterocycles. The Morgan fingerprint density at radius 1 is 1.20 bits per heavy atom. The maximum absolute atomic E-state index is 12.8. The van der Waals surface area contributed by atoms with E-state index < -0.39 is 0 Å². The molecule has 3 aromatic rings. The predicted molar refractivity (Wildman–Crippen MR) is 116 cm³/mol. The van der Waals surface area contributed by atoms with E-state index in [-0.39, 0.29) is 11.8 Å². The average molecular weight is 406 g/mol. The molecule has 1 unspecified atom stereocenters. The topological polar surface area (TPSA) is 80.5 Å². The predicted octanol–water partition coefficient (Wildman–Crippen LogP) is 4.16. The molecule has 1 amide bonds. The van der Waals surface area contributed by atoms with Gasteiger partial charge in [-0.05, 0) is 61.2 Å². The lowest BCUT2D eigenvalue weighted by Gasteiger charge is -2.30. The Bertz CT molecular complexity index is 982. The molecule has 0 radical (unpaired) electrons. The number of carbonyl (C=O) groups excluding carboxylic acids is 1. The lowest BCUT2D eigenvalue weighted by Crippen LogP contribution is -2.41. The van der Waals surface area contributed by atoms with Crippen LogP contribution in [0.3, 0.4) is 0 Å². The van der Waals surface area contributed by atoms with Crippen LogP contribution in [0.15, 0.2) is 53.1 Å². The summed E-state index contributed by atoms with van der Waals surface area (Å²) < 4.78 is 10.7. The van der Waals surface area contributed by atoms with E-state index in [9.17, 15) is 4.79 Å². The van der Waals surface area contributed by atoms with Crippen LogP contribution in [0.5, 0.6) is 5.75 Å². The van der Waals surface area contributed by atoms with Crippen molar-refractivity contribution in [2.45, 2.75) is 26.2 Å². The number of anilines is 2. The molecule has 156 valence electrons. The van der Waals surface area contributed by atoms with E-state index >= 15 is 0 Å². The van der Waals surface area contributed by atoms with Crippen LogP contribution in [-0.4, -0.2) is 36.2 Å². The van der Waals surface area contributed by atoms with E-state index in [1.54, 1.807) is 7.11 Å². The quantitative estimate of drug-likeness (QED) is 0.662. The van der Waals surface area contributed by atoms with Crippen molar-refractivity contribution in [2.75, 3.05) is 30.4 Å². The minimum atomic E-state index is -0.124. The fourth-order valence-electron chi connectivity index (χ4n) is 3.63. The summed E-state index contributed by atoms with van der Waals surface area (Å²) >= 11 is 0. The van der Waals surface area contributed by atoms with Crippen molar-refractivity contribution < 1.29 is 14.1 Å². The number of piperidine rings is 1. The maximum atomic E-state index is 12.8. The highest BCUT2D eigenvalue weighted by molar-refractivity contribution is 5.93. The molecule has 1 N–H and O–H groups in total. The van der Waals surface area contributed by atoms with Gasteiger partial charge in [-0.25, -0.2) is 0 Å². The Balaban J connectivity index is 1.40. The molecule has 0 saturated carbocycles. The zero-order chi connectivity index (χ0) is 20.9. The zero-order valence-electron chi connectivity index (χ0n) is 17.3. The number of hydrogen-bond acceptors (Lipinski definition) is 6. The van der Waals surface area contributed by atoms with Crippen LogP contribution in [0.4, 0.5) is 11.7 Å². The molecule has 2 aromatic carbocycles. The van der Waals surface area contributed by atoms with E-state index in [2.05, 4.69) is 22.4 Å². The summed E-state index contributed by atoms with van der Waals surface area (Å²) in [6, 6.07) is 16.0. The minimum Gasteiger partial charge on any atom is -0.497 e. The summed E-state index contributed by atoms with van der Waals surface area (Å²) in [5.74, 6) is 1.20. The number of amides is 1. The van der Waals surface area contributed by atoms with E-state index in [0.29, 0.717) is 18.4 Å². The highest BCUT2D eigenvalue weighted by Crippen LogP contribution is 2.26. The first-order chi connectivity index (χ1) is 14.7. The molecule has 1 fully saturated rings. The first-order valence-electron chi connectivity index (χ1n) is 10.3. The molecular formula is C23H26N4O3. The lowest BCUT2D eigenvalue weighted by atomic mass is 9.97. The van der Waals surface area contributed by atoms with Gasteiger partial charge in [-0.2, -0.15) is 4.98 Å². The van der Waals surface area contributed by atoms with Crippen molar-refractivity contribution >= 4 is 17.6 Å². The smallest absolute Gasteiger partial charge is 0.324 e. The fraction of sp³-hybridized carbons (Fsp3) is 0.348. The number of methoxy groups -OCH3 is 1. The number of benzene rings is 2. The number of nitrogens with one attached hydrogen (secondary N) is 1. The Hall–Kier alpha value is -3.35. The van der Waals surface area contributed by atoms with Gasteiger partial charge in [0.1, 0.15) is 5.75 Å². The van der Waals surface area contributed by atoms with Gasteiger partial charge in [0.05, 0.1) is 13.0 Å². The third-order valence-corrected chi connectivity index (χ3v) is 5.46. The van der Waals surface area contributed by atoms with Crippen LogP contribution in [0.25, 0.3) is 11.4 Å². The average Bonchev–Trinajstić information content (AvgIpc) is 3.30. The van der Waals surface area contributed by atoms with Crippen LogP contribution >= 0.6 is 0 Å². The Morgan fingerprint density at radius 2 is 1.97 bits per heavy atom. The number of aryl methyl sites for hydroxylation is 1. The van der Waals surface area contributed by atoms with Gasteiger partial charge in [-0.15, -0.1) is 0 Å². The molecule has 0 bridgehead atoms. The SMILES string of the molecule is CCc1ccc(NC(=O)C2CCCN(c3nc(-c4ccc(OC)cc4)no3)C2)cc1. The molecule has 0 spiro atoms. The molecular weight excluding hydrogens is 380 g/mol. The number of ether oxygens (including phenoxy) is 1. The molecule has 1 aliphatic heterocycles. The van der Waals surface area contributed by atoms with Gasteiger partial charge in [-0.1, -0.05) is 24.2 Å². The second-order valence-electron chi connectivity index (χ2n) is 7.45. The molecule has 30 heavy (non-hydrogen) atoms. The van der Waals surface area contributed by atoms with Crippen molar-refractivity contribution in [3.05, 3.63) is 54.1 Å². The summed E-state index contributed by atoms with van der Waals surface area (Å²) in [4.78, 5) is 19.3. The Morgan fingerprint density at radius 3 is 2.67 bits per heavy atom. The second-order valence-corrected chi connectivity index (χ2v) is 7.45. The number of aromatic nitrogens is 2. The Kier molecular flexibility index (Phi) is 5.97. The van der Waals surface area contributed by atoms with Gasteiger partial charge < -0.3 is 19.5 Å². The summed E-state index contributed by atoms with van der Waals surface area (Å²) in [7, 11) is 1.63. The zero-order valence-corrected chi connectivity index (χ0v) is 17.3. The molecule has 2 heterocycles. The summed E-state index contributed by atoms with van der Waals surface area (Å²) in [6.07, 6.45) is 2.72. The van der Waals surface area contributed by atoms with Gasteiger partial charge in [0.25, 0.3) is 0 Å². The van der Waals surface area contributed by atoms with Gasteiger partial charge >= 0.3 is 6.01 Å². The van der Waals surface area contributed by atoms with Crippen LogP contribution in [0, 0.1) is 5.92 Å². The van der Waals surface area contributed by atoms with Crippen molar-refractivity contribution in [1.29, 1.82) is 0 Å². The van der Waals surface area contributed by atoms with Crippen LogP contribution in [0.1, 0.15) is 25.3 Å². The van der Waals surface area contributed by atoms with E-state index in [0.717, 1.165) is 42.8 Å². The maximum Gasteiger partial charge on any atom is 0.324 e.